The maximum Gasteiger partial charge on any atom is 0.234 e. The van der Waals surface area contributed by atoms with Crippen molar-refractivity contribution in [2.75, 3.05) is 19.6 Å². The van der Waals surface area contributed by atoms with Gasteiger partial charge in [-0.25, -0.2) is 9.79 Å². The van der Waals surface area contributed by atoms with Gasteiger partial charge < -0.3 is 11.5 Å². The van der Waals surface area contributed by atoms with Gasteiger partial charge in [-0.05, 0) is 32.4 Å². The van der Waals surface area contributed by atoms with E-state index in [1.54, 1.807) is 6.08 Å². The molecule has 0 saturated heterocycles. The summed E-state index contributed by atoms with van der Waals surface area (Å²) >= 11 is 0. The van der Waals surface area contributed by atoms with E-state index in [9.17, 15) is 4.79 Å². The molecule has 0 aromatic heterocycles. The van der Waals surface area contributed by atoms with Crippen LogP contribution in [0.15, 0.2) is 4.99 Å². The van der Waals surface area contributed by atoms with Crippen molar-refractivity contribution in [2.24, 2.45) is 16.5 Å². The second-order valence-electron chi connectivity index (χ2n) is 8.27. The summed E-state index contributed by atoms with van der Waals surface area (Å²) in [6.45, 7) is 4.60. The van der Waals surface area contributed by atoms with Crippen molar-refractivity contribution >= 4 is 6.08 Å². The highest BCUT2D eigenvalue weighted by Crippen LogP contribution is 2.13. The predicted octanol–water partition coefficient (Wildman–Crippen LogP) is 7.05. The first-order valence-electron chi connectivity index (χ1n) is 12.8. The smallest absolute Gasteiger partial charge is 0.234 e. The average molecular weight is 412 g/mol. The second kappa shape index (κ2) is 32.0. The summed E-state index contributed by atoms with van der Waals surface area (Å²) in [5.41, 5.74) is 10.6. The SMILES string of the molecule is CCCCCCCCCCCCCCCCCCN=C=O.NCCCCCCN. The number of hydrogen-bond acceptors (Lipinski definition) is 4. The van der Waals surface area contributed by atoms with Crippen LogP contribution < -0.4 is 11.5 Å². The van der Waals surface area contributed by atoms with Crippen LogP contribution in [0, 0.1) is 0 Å². The van der Waals surface area contributed by atoms with Crippen molar-refractivity contribution in [2.45, 2.75) is 135 Å². The van der Waals surface area contributed by atoms with E-state index < -0.39 is 0 Å². The van der Waals surface area contributed by atoms with Gasteiger partial charge in [0.15, 0.2) is 0 Å². The van der Waals surface area contributed by atoms with E-state index in [-0.39, 0.29) is 0 Å². The van der Waals surface area contributed by atoms with Crippen LogP contribution in [-0.2, 0) is 4.79 Å². The summed E-state index contributed by atoms with van der Waals surface area (Å²) in [5.74, 6) is 0. The lowest BCUT2D eigenvalue weighted by atomic mass is 10.0. The van der Waals surface area contributed by atoms with E-state index in [1.165, 1.54) is 109 Å². The van der Waals surface area contributed by atoms with E-state index in [2.05, 4.69) is 11.9 Å². The maximum atomic E-state index is 9.87. The quantitative estimate of drug-likeness (QED) is 0.114. The molecule has 0 saturated carbocycles. The summed E-state index contributed by atoms with van der Waals surface area (Å²) in [6, 6.07) is 0. The lowest BCUT2D eigenvalue weighted by Gasteiger charge is -2.03. The molecule has 0 spiro atoms. The molecular formula is C25H53N3O. The zero-order chi connectivity index (χ0) is 21.7. The van der Waals surface area contributed by atoms with Crippen molar-refractivity contribution in [3.05, 3.63) is 0 Å². The van der Waals surface area contributed by atoms with Gasteiger partial charge in [0.25, 0.3) is 0 Å². The van der Waals surface area contributed by atoms with Gasteiger partial charge in [-0.3, -0.25) is 0 Å². The molecule has 0 bridgehead atoms. The molecule has 0 aliphatic carbocycles. The summed E-state index contributed by atoms with van der Waals surface area (Å²) in [6.07, 6.45) is 28.4. The summed E-state index contributed by atoms with van der Waals surface area (Å²) in [4.78, 5) is 13.4. The molecule has 0 atom stereocenters. The molecule has 174 valence electrons. The van der Waals surface area contributed by atoms with Crippen molar-refractivity contribution in [3.8, 4) is 0 Å². The van der Waals surface area contributed by atoms with Crippen LogP contribution in [0.5, 0.6) is 0 Å². The molecule has 0 rings (SSSR count). The Balaban J connectivity index is 0. The third-order valence-corrected chi connectivity index (χ3v) is 5.35. The molecule has 0 radical (unpaired) electrons. The molecule has 4 heteroatoms. The predicted molar refractivity (Wildman–Crippen MR) is 129 cm³/mol. The van der Waals surface area contributed by atoms with Crippen LogP contribution in [0.25, 0.3) is 0 Å². The number of unbranched alkanes of at least 4 members (excludes halogenated alkanes) is 18. The monoisotopic (exact) mass is 411 g/mol. The van der Waals surface area contributed by atoms with E-state index in [0.717, 1.165) is 32.4 Å². The van der Waals surface area contributed by atoms with Gasteiger partial charge in [-0.2, -0.15) is 0 Å². The van der Waals surface area contributed by atoms with Gasteiger partial charge in [0.1, 0.15) is 0 Å². The molecule has 0 amide bonds. The summed E-state index contributed by atoms with van der Waals surface area (Å²) in [7, 11) is 0. The number of nitrogens with two attached hydrogens (primary N) is 2. The number of isocyanates is 1. The molecule has 0 heterocycles. The first kappa shape index (κ1) is 30.5. The van der Waals surface area contributed by atoms with Crippen LogP contribution in [-0.4, -0.2) is 25.7 Å². The molecule has 0 aromatic carbocycles. The Morgan fingerprint density at radius 2 is 0.828 bits per heavy atom. The fourth-order valence-electron chi connectivity index (χ4n) is 3.43. The third kappa shape index (κ3) is 35.1. The highest BCUT2D eigenvalue weighted by molar-refractivity contribution is 5.32. The topological polar surface area (TPSA) is 81.5 Å². The minimum Gasteiger partial charge on any atom is -0.330 e. The standard InChI is InChI=1S/C19H37NO.C6H16N2/c1-2-3-4-5-6-7-8-9-10-11-12-13-14-15-16-17-18-20-19-21;7-5-3-1-2-4-6-8/h2-18H2,1H3;1-8H2. The zero-order valence-electron chi connectivity index (χ0n) is 19.8. The Morgan fingerprint density at radius 1 is 0.517 bits per heavy atom. The first-order chi connectivity index (χ1) is 14.3. The molecule has 0 aromatic rings. The van der Waals surface area contributed by atoms with Crippen molar-refractivity contribution in [1.82, 2.24) is 0 Å². The van der Waals surface area contributed by atoms with Crippen molar-refractivity contribution in [3.63, 3.8) is 0 Å². The Hall–Kier alpha value is -0.700. The van der Waals surface area contributed by atoms with Crippen LogP contribution in [0.4, 0.5) is 0 Å². The van der Waals surface area contributed by atoms with Gasteiger partial charge >= 0.3 is 0 Å². The van der Waals surface area contributed by atoms with Gasteiger partial charge in [0, 0.05) is 0 Å². The Kier molecular flexibility index (Phi) is 33.6. The molecule has 29 heavy (non-hydrogen) atoms. The summed E-state index contributed by atoms with van der Waals surface area (Å²) < 4.78 is 0. The fourth-order valence-corrected chi connectivity index (χ4v) is 3.43. The van der Waals surface area contributed by atoms with E-state index in [0.29, 0.717) is 6.54 Å². The number of hydrogen-bond donors (Lipinski definition) is 2. The molecule has 0 aliphatic rings. The molecular weight excluding hydrogens is 358 g/mol. The minimum atomic E-state index is 0.669. The van der Waals surface area contributed by atoms with E-state index in [4.69, 9.17) is 11.5 Å². The highest BCUT2D eigenvalue weighted by atomic mass is 16.1. The highest BCUT2D eigenvalue weighted by Gasteiger charge is 1.94. The van der Waals surface area contributed by atoms with E-state index in [1.807, 2.05) is 0 Å². The van der Waals surface area contributed by atoms with Gasteiger partial charge in [-0.15, -0.1) is 0 Å². The lowest BCUT2D eigenvalue weighted by molar-refractivity contribution is 0.529. The molecule has 0 aliphatic heterocycles. The maximum absolute atomic E-state index is 9.87. The van der Waals surface area contributed by atoms with Crippen LogP contribution in [0.1, 0.15) is 135 Å². The first-order valence-corrected chi connectivity index (χ1v) is 12.8. The van der Waals surface area contributed by atoms with E-state index >= 15 is 0 Å². The minimum absolute atomic E-state index is 0.669. The van der Waals surface area contributed by atoms with Gasteiger partial charge in [-0.1, -0.05) is 116 Å². The Bertz CT molecular complexity index is 311. The number of aliphatic imine (C=N–C) groups is 1. The second-order valence-corrected chi connectivity index (χ2v) is 8.27. The van der Waals surface area contributed by atoms with Gasteiger partial charge in [0.2, 0.25) is 6.08 Å². The normalized spacial score (nSPS) is 10.3. The molecule has 0 unspecified atom stereocenters. The fraction of sp³-hybridized carbons (Fsp3) is 0.960. The van der Waals surface area contributed by atoms with Crippen LogP contribution >= 0.6 is 0 Å². The summed E-state index contributed by atoms with van der Waals surface area (Å²) in [5, 5.41) is 0. The molecule has 0 fully saturated rings. The number of nitrogens with zero attached hydrogens (tertiary/aromatic N) is 1. The van der Waals surface area contributed by atoms with Crippen molar-refractivity contribution in [1.29, 1.82) is 0 Å². The van der Waals surface area contributed by atoms with Crippen LogP contribution in [0.3, 0.4) is 0 Å². The Morgan fingerprint density at radius 3 is 1.14 bits per heavy atom. The number of carbonyl (C=O) groups excluding carboxylic acids is 1. The Labute approximate surface area is 182 Å². The zero-order valence-corrected chi connectivity index (χ0v) is 19.8. The molecule has 4 nitrogen and oxygen atoms in total. The largest absolute Gasteiger partial charge is 0.330 e. The van der Waals surface area contributed by atoms with Crippen LogP contribution in [0.2, 0.25) is 0 Å². The van der Waals surface area contributed by atoms with Crippen molar-refractivity contribution < 1.29 is 4.79 Å². The average Bonchev–Trinajstić information content (AvgIpc) is 2.74. The third-order valence-electron chi connectivity index (χ3n) is 5.35. The molecule has 4 N–H and O–H groups in total. The van der Waals surface area contributed by atoms with Gasteiger partial charge in [0.05, 0.1) is 6.54 Å². The lowest BCUT2D eigenvalue weighted by Crippen LogP contribution is -2.00. The number of rotatable bonds is 22.